The van der Waals surface area contributed by atoms with Gasteiger partial charge in [0.05, 0.1) is 12.6 Å². The predicted octanol–water partition coefficient (Wildman–Crippen LogP) is 2.99. The van der Waals surface area contributed by atoms with Gasteiger partial charge >= 0.3 is 0 Å². The van der Waals surface area contributed by atoms with Gasteiger partial charge in [-0.3, -0.25) is 19.3 Å². The smallest absolute Gasteiger partial charge is 0.251 e. The van der Waals surface area contributed by atoms with Gasteiger partial charge in [-0.25, -0.2) is 0 Å². The molecule has 1 aliphatic carbocycles. The molecule has 3 amide bonds. The number of carbonyl (C=O) groups is 3. The van der Waals surface area contributed by atoms with Crippen molar-refractivity contribution in [2.75, 3.05) is 13.2 Å². The summed E-state index contributed by atoms with van der Waals surface area (Å²) in [5.74, 6) is 1.45. The lowest BCUT2D eigenvalue weighted by atomic mass is 10.0. The number of amides is 3. The summed E-state index contributed by atoms with van der Waals surface area (Å²) < 4.78 is 11.3. The van der Waals surface area contributed by atoms with Gasteiger partial charge in [-0.15, -0.1) is 0 Å². The minimum absolute atomic E-state index is 0.0807. The van der Waals surface area contributed by atoms with Crippen LogP contribution >= 0.6 is 0 Å². The highest BCUT2D eigenvalue weighted by Gasteiger charge is 2.34. The molecule has 1 unspecified atom stereocenters. The minimum atomic E-state index is -0.147. The molecule has 1 atom stereocenters. The van der Waals surface area contributed by atoms with E-state index in [4.69, 9.17) is 9.47 Å². The number of ether oxygens (including phenoxy) is 2. The van der Waals surface area contributed by atoms with Gasteiger partial charge in [0.15, 0.2) is 11.5 Å². The van der Waals surface area contributed by atoms with Crippen molar-refractivity contribution in [1.82, 2.24) is 10.2 Å². The highest BCUT2D eigenvalue weighted by Crippen LogP contribution is 2.43. The van der Waals surface area contributed by atoms with E-state index in [9.17, 15) is 14.4 Å². The first-order valence-electron chi connectivity index (χ1n) is 10.7. The summed E-state index contributed by atoms with van der Waals surface area (Å²) in [5.41, 5.74) is 2.39. The number of hydrogen-bond donors (Lipinski definition) is 1. The van der Waals surface area contributed by atoms with Crippen LogP contribution in [0.4, 0.5) is 0 Å². The summed E-state index contributed by atoms with van der Waals surface area (Å²) in [5, 5.41) is 3.17. The zero-order chi connectivity index (χ0) is 21.4. The average Bonchev–Trinajstić information content (AvgIpc) is 3.59. The molecule has 1 N–H and O–H groups in total. The van der Waals surface area contributed by atoms with Gasteiger partial charge in [0, 0.05) is 18.4 Å². The first-order chi connectivity index (χ1) is 15.1. The Balaban J connectivity index is 1.28. The van der Waals surface area contributed by atoms with E-state index in [0.717, 1.165) is 35.5 Å². The highest BCUT2D eigenvalue weighted by atomic mass is 16.6. The summed E-state index contributed by atoms with van der Waals surface area (Å²) >= 11 is 0. The van der Waals surface area contributed by atoms with Gasteiger partial charge in [0.25, 0.3) is 5.91 Å². The Labute approximate surface area is 180 Å². The van der Waals surface area contributed by atoms with Crippen molar-refractivity contribution in [3.8, 4) is 11.5 Å². The van der Waals surface area contributed by atoms with Crippen LogP contribution in [-0.2, 0) is 16.1 Å². The molecule has 2 aromatic carbocycles. The summed E-state index contributed by atoms with van der Waals surface area (Å²) in [6.45, 7) is 1.32. The van der Waals surface area contributed by atoms with Gasteiger partial charge in [-0.1, -0.05) is 18.2 Å². The maximum Gasteiger partial charge on any atom is 0.251 e. The quantitative estimate of drug-likeness (QED) is 0.727. The summed E-state index contributed by atoms with van der Waals surface area (Å²) in [6.07, 6.45) is 2.72. The van der Waals surface area contributed by atoms with E-state index >= 15 is 0 Å². The Morgan fingerprint density at radius 3 is 2.32 bits per heavy atom. The minimum Gasteiger partial charge on any atom is -0.486 e. The van der Waals surface area contributed by atoms with Crippen LogP contribution in [0.5, 0.6) is 11.5 Å². The average molecular weight is 420 g/mol. The third kappa shape index (κ3) is 4.13. The number of nitrogens with zero attached hydrogens (tertiary/aromatic N) is 1. The van der Waals surface area contributed by atoms with Gasteiger partial charge in [0.1, 0.15) is 13.2 Å². The first-order valence-corrected chi connectivity index (χ1v) is 10.7. The second-order valence-electron chi connectivity index (χ2n) is 8.26. The van der Waals surface area contributed by atoms with Crippen molar-refractivity contribution in [3.63, 3.8) is 0 Å². The van der Waals surface area contributed by atoms with Gasteiger partial charge in [-0.2, -0.15) is 0 Å². The molecule has 31 heavy (non-hydrogen) atoms. The molecule has 0 spiro atoms. The molecule has 2 fully saturated rings. The van der Waals surface area contributed by atoms with E-state index < -0.39 is 0 Å². The third-order valence-corrected chi connectivity index (χ3v) is 6.02. The highest BCUT2D eigenvalue weighted by molar-refractivity contribution is 6.01. The molecule has 160 valence electrons. The Hall–Kier alpha value is -3.35. The van der Waals surface area contributed by atoms with Crippen molar-refractivity contribution in [2.45, 2.75) is 38.3 Å². The fraction of sp³-hybridized carbons (Fsp3) is 0.375. The molecule has 3 aliphatic rings. The number of benzene rings is 2. The molecule has 7 nitrogen and oxygen atoms in total. The monoisotopic (exact) mass is 420 g/mol. The SMILES string of the molecule is O=C(NC(c1ccc2c(c1)OCCO2)C1CC1)c1ccc(CN2C(=O)CCC2=O)cc1. The number of likely N-dealkylation sites (tertiary alicyclic amines) is 1. The van der Waals surface area contributed by atoms with E-state index in [2.05, 4.69) is 5.32 Å². The van der Waals surface area contributed by atoms with Crippen molar-refractivity contribution in [3.05, 3.63) is 59.2 Å². The summed E-state index contributed by atoms with van der Waals surface area (Å²) in [4.78, 5) is 37.8. The lowest BCUT2D eigenvalue weighted by Gasteiger charge is -2.23. The Kier molecular flexibility index (Phi) is 5.10. The molecule has 0 radical (unpaired) electrons. The topological polar surface area (TPSA) is 84.9 Å². The third-order valence-electron chi connectivity index (χ3n) is 6.02. The second-order valence-corrected chi connectivity index (χ2v) is 8.26. The predicted molar refractivity (Wildman–Crippen MR) is 112 cm³/mol. The van der Waals surface area contributed by atoms with Crippen LogP contribution in [0.3, 0.4) is 0 Å². The zero-order valence-corrected chi connectivity index (χ0v) is 17.1. The summed E-state index contributed by atoms with van der Waals surface area (Å²) in [6, 6.07) is 12.8. The Morgan fingerprint density at radius 2 is 1.65 bits per heavy atom. The molecular weight excluding hydrogens is 396 g/mol. The molecule has 2 heterocycles. The lowest BCUT2D eigenvalue weighted by Crippen LogP contribution is -2.30. The van der Waals surface area contributed by atoms with Crippen LogP contribution in [0, 0.1) is 5.92 Å². The largest absolute Gasteiger partial charge is 0.486 e. The van der Waals surface area contributed by atoms with Gasteiger partial charge in [0.2, 0.25) is 11.8 Å². The van der Waals surface area contributed by atoms with Crippen LogP contribution in [0.1, 0.15) is 53.2 Å². The van der Waals surface area contributed by atoms with E-state index in [1.54, 1.807) is 24.3 Å². The molecule has 1 saturated carbocycles. The fourth-order valence-electron chi connectivity index (χ4n) is 4.12. The molecule has 7 heteroatoms. The molecular formula is C24H24N2O5. The number of imide groups is 1. The molecule has 1 saturated heterocycles. The van der Waals surface area contributed by atoms with E-state index in [1.165, 1.54) is 4.90 Å². The fourth-order valence-corrected chi connectivity index (χ4v) is 4.12. The van der Waals surface area contributed by atoms with Gasteiger partial charge in [-0.05, 0) is 54.2 Å². The van der Waals surface area contributed by atoms with E-state index in [-0.39, 0.29) is 43.1 Å². The number of rotatable bonds is 6. The normalized spacial score (nSPS) is 18.8. The lowest BCUT2D eigenvalue weighted by molar-refractivity contribution is -0.139. The molecule has 2 aliphatic heterocycles. The number of carbonyl (C=O) groups excluding carboxylic acids is 3. The van der Waals surface area contributed by atoms with Crippen molar-refractivity contribution in [2.24, 2.45) is 5.92 Å². The zero-order valence-electron chi connectivity index (χ0n) is 17.1. The van der Waals surface area contributed by atoms with Crippen molar-refractivity contribution < 1.29 is 23.9 Å². The maximum absolute atomic E-state index is 12.9. The van der Waals surface area contributed by atoms with Crippen LogP contribution in [0.25, 0.3) is 0 Å². The van der Waals surface area contributed by atoms with Crippen LogP contribution in [0.2, 0.25) is 0 Å². The second kappa shape index (κ2) is 8.06. The van der Waals surface area contributed by atoms with E-state index in [1.807, 2.05) is 18.2 Å². The maximum atomic E-state index is 12.9. The first kappa shape index (κ1) is 19.6. The number of fused-ring (bicyclic) bond motifs is 1. The number of nitrogens with one attached hydrogen (secondary N) is 1. The van der Waals surface area contributed by atoms with E-state index in [0.29, 0.717) is 24.7 Å². The van der Waals surface area contributed by atoms with Crippen LogP contribution in [0.15, 0.2) is 42.5 Å². The Bertz CT molecular complexity index is 1010. The molecule has 0 bridgehead atoms. The van der Waals surface area contributed by atoms with Crippen LogP contribution in [-0.4, -0.2) is 35.8 Å². The number of hydrogen-bond acceptors (Lipinski definition) is 5. The van der Waals surface area contributed by atoms with Crippen molar-refractivity contribution >= 4 is 17.7 Å². The summed E-state index contributed by atoms with van der Waals surface area (Å²) in [7, 11) is 0. The Morgan fingerprint density at radius 1 is 0.968 bits per heavy atom. The van der Waals surface area contributed by atoms with Crippen LogP contribution < -0.4 is 14.8 Å². The molecule has 0 aromatic heterocycles. The van der Waals surface area contributed by atoms with Gasteiger partial charge < -0.3 is 14.8 Å². The molecule has 2 aromatic rings. The standard InChI is InChI=1S/C24H24N2O5/c27-21-9-10-22(28)26(21)14-15-1-3-17(4-2-15)24(29)25-23(16-5-6-16)18-7-8-19-20(13-18)31-12-11-30-19/h1-4,7-8,13,16,23H,5-6,9-12,14H2,(H,25,29). The van der Waals surface area contributed by atoms with Crippen molar-refractivity contribution in [1.29, 1.82) is 0 Å². The molecule has 5 rings (SSSR count).